The molecule has 2 unspecified atom stereocenters. The summed E-state index contributed by atoms with van der Waals surface area (Å²) in [6.45, 7) is 0.879. The standard InChI is InChI=1S/C10H17NO6S/c1-7(10(14)15)9(13)11(3-4-12)8-2-5-18(16,17)6-8/h7-8,12H,2-6H2,1H3,(H,14,15). The smallest absolute Gasteiger partial charge is 0.315 e. The fourth-order valence-electron chi connectivity index (χ4n) is 1.96. The van der Waals surface area contributed by atoms with Gasteiger partial charge in [0.05, 0.1) is 18.1 Å². The van der Waals surface area contributed by atoms with Gasteiger partial charge in [0.15, 0.2) is 9.84 Å². The second-order valence-electron chi connectivity index (χ2n) is 4.37. The predicted octanol–water partition coefficient (Wildman–Crippen LogP) is -1.28. The summed E-state index contributed by atoms with van der Waals surface area (Å²) in [6.07, 6.45) is 0.292. The molecule has 2 N–H and O–H groups in total. The SMILES string of the molecule is CC(C(=O)O)C(=O)N(CCO)C1CCS(=O)(=O)C1. The third kappa shape index (κ3) is 3.42. The first-order chi connectivity index (χ1) is 8.28. The number of carboxylic acids is 1. The number of aliphatic hydroxyl groups excluding tert-OH is 1. The number of carbonyl (C=O) groups is 2. The van der Waals surface area contributed by atoms with E-state index in [-0.39, 0.29) is 24.7 Å². The van der Waals surface area contributed by atoms with Crippen molar-refractivity contribution in [3.05, 3.63) is 0 Å². The summed E-state index contributed by atoms with van der Waals surface area (Å²) in [5, 5.41) is 17.7. The van der Waals surface area contributed by atoms with Crippen molar-refractivity contribution in [1.29, 1.82) is 0 Å². The molecule has 8 heteroatoms. The Balaban J connectivity index is 2.83. The molecule has 1 saturated heterocycles. The Bertz CT molecular complexity index is 432. The van der Waals surface area contributed by atoms with E-state index in [1.54, 1.807) is 0 Å². The number of carboxylic acid groups (broad SMARTS) is 1. The third-order valence-electron chi connectivity index (χ3n) is 3.01. The quantitative estimate of drug-likeness (QED) is 0.606. The van der Waals surface area contributed by atoms with Crippen LogP contribution in [0.15, 0.2) is 0 Å². The van der Waals surface area contributed by atoms with Crippen molar-refractivity contribution in [2.24, 2.45) is 5.92 Å². The van der Waals surface area contributed by atoms with Crippen LogP contribution in [0.3, 0.4) is 0 Å². The maximum absolute atomic E-state index is 11.9. The van der Waals surface area contributed by atoms with Gasteiger partial charge in [-0.1, -0.05) is 0 Å². The molecule has 2 atom stereocenters. The number of sulfone groups is 1. The van der Waals surface area contributed by atoms with Gasteiger partial charge in [0.2, 0.25) is 5.91 Å². The zero-order valence-electron chi connectivity index (χ0n) is 10.1. The second-order valence-corrected chi connectivity index (χ2v) is 6.60. The van der Waals surface area contributed by atoms with Crippen LogP contribution in [0.5, 0.6) is 0 Å². The average Bonchev–Trinajstić information content (AvgIpc) is 2.64. The van der Waals surface area contributed by atoms with Crippen molar-refractivity contribution in [1.82, 2.24) is 4.90 Å². The summed E-state index contributed by atoms with van der Waals surface area (Å²) in [4.78, 5) is 23.8. The lowest BCUT2D eigenvalue weighted by molar-refractivity contribution is -0.151. The molecule has 0 aromatic carbocycles. The number of carbonyl (C=O) groups excluding carboxylic acids is 1. The molecule has 1 aliphatic rings. The monoisotopic (exact) mass is 279 g/mol. The first kappa shape index (κ1) is 14.9. The van der Waals surface area contributed by atoms with Crippen molar-refractivity contribution in [2.45, 2.75) is 19.4 Å². The van der Waals surface area contributed by atoms with E-state index in [0.29, 0.717) is 6.42 Å². The lowest BCUT2D eigenvalue weighted by atomic mass is 10.1. The Kier molecular flexibility index (Phi) is 4.69. The van der Waals surface area contributed by atoms with Gasteiger partial charge in [-0.2, -0.15) is 0 Å². The number of rotatable bonds is 5. The minimum atomic E-state index is -3.16. The van der Waals surface area contributed by atoms with Gasteiger partial charge in [-0.25, -0.2) is 8.42 Å². The molecule has 0 aromatic heterocycles. The summed E-state index contributed by atoms with van der Waals surface area (Å²) in [5.41, 5.74) is 0. The second kappa shape index (κ2) is 5.66. The molecule has 0 bridgehead atoms. The summed E-state index contributed by atoms with van der Waals surface area (Å²) >= 11 is 0. The first-order valence-electron chi connectivity index (χ1n) is 5.63. The number of hydrogen-bond donors (Lipinski definition) is 2. The summed E-state index contributed by atoms with van der Waals surface area (Å²) < 4.78 is 22.7. The average molecular weight is 279 g/mol. The fourth-order valence-corrected chi connectivity index (χ4v) is 3.69. The van der Waals surface area contributed by atoms with E-state index in [1.165, 1.54) is 11.8 Å². The molecule has 0 radical (unpaired) electrons. The van der Waals surface area contributed by atoms with Crippen LogP contribution >= 0.6 is 0 Å². The lowest BCUT2D eigenvalue weighted by Gasteiger charge is -2.29. The van der Waals surface area contributed by atoms with Crippen molar-refractivity contribution >= 4 is 21.7 Å². The first-order valence-corrected chi connectivity index (χ1v) is 7.45. The Hall–Kier alpha value is -1.15. The molecular weight excluding hydrogens is 262 g/mol. The van der Waals surface area contributed by atoms with E-state index in [0.717, 1.165) is 0 Å². The summed E-state index contributed by atoms with van der Waals surface area (Å²) in [7, 11) is -3.16. The molecular formula is C10H17NO6S. The molecule has 1 fully saturated rings. The van der Waals surface area contributed by atoms with Crippen LogP contribution in [0.2, 0.25) is 0 Å². The topological polar surface area (TPSA) is 112 Å². The van der Waals surface area contributed by atoms with Gasteiger partial charge in [-0.05, 0) is 13.3 Å². The Labute approximate surface area is 105 Å². The van der Waals surface area contributed by atoms with E-state index < -0.39 is 33.7 Å². The van der Waals surface area contributed by atoms with E-state index >= 15 is 0 Å². The maximum atomic E-state index is 11.9. The molecule has 0 saturated carbocycles. The highest BCUT2D eigenvalue weighted by molar-refractivity contribution is 7.91. The molecule has 104 valence electrons. The molecule has 0 spiro atoms. The van der Waals surface area contributed by atoms with Gasteiger partial charge >= 0.3 is 5.97 Å². The zero-order valence-corrected chi connectivity index (χ0v) is 10.9. The van der Waals surface area contributed by atoms with Crippen LogP contribution in [-0.4, -0.2) is 66.1 Å². The van der Waals surface area contributed by atoms with Gasteiger partial charge < -0.3 is 15.1 Å². The number of nitrogens with zero attached hydrogens (tertiary/aromatic N) is 1. The van der Waals surface area contributed by atoms with Crippen LogP contribution < -0.4 is 0 Å². The molecule has 1 rings (SSSR count). The van der Waals surface area contributed by atoms with Gasteiger partial charge in [0.1, 0.15) is 5.92 Å². The van der Waals surface area contributed by atoms with Crippen LogP contribution in [0.4, 0.5) is 0 Å². The Morgan fingerprint density at radius 1 is 1.44 bits per heavy atom. The number of aliphatic hydroxyl groups is 1. The van der Waals surface area contributed by atoms with Crippen molar-refractivity contribution < 1.29 is 28.2 Å². The molecule has 1 heterocycles. The number of aliphatic carboxylic acids is 1. The van der Waals surface area contributed by atoms with Crippen LogP contribution in [0, 0.1) is 5.92 Å². The number of hydrogen-bond acceptors (Lipinski definition) is 5. The lowest BCUT2D eigenvalue weighted by Crippen LogP contribution is -2.46. The van der Waals surface area contributed by atoms with E-state index in [4.69, 9.17) is 10.2 Å². The number of amides is 1. The molecule has 1 aliphatic heterocycles. The zero-order chi connectivity index (χ0) is 13.9. The van der Waals surface area contributed by atoms with Crippen molar-refractivity contribution in [2.75, 3.05) is 24.7 Å². The largest absolute Gasteiger partial charge is 0.481 e. The van der Waals surface area contributed by atoms with Gasteiger partial charge in [0, 0.05) is 12.6 Å². The highest BCUT2D eigenvalue weighted by Gasteiger charge is 2.37. The van der Waals surface area contributed by atoms with Crippen LogP contribution in [-0.2, 0) is 19.4 Å². The summed E-state index contributed by atoms with van der Waals surface area (Å²) in [6, 6.07) is -0.531. The fraction of sp³-hybridized carbons (Fsp3) is 0.800. The van der Waals surface area contributed by atoms with Crippen molar-refractivity contribution in [3.8, 4) is 0 Å². The van der Waals surface area contributed by atoms with Crippen LogP contribution in [0.1, 0.15) is 13.3 Å². The highest BCUT2D eigenvalue weighted by atomic mass is 32.2. The van der Waals surface area contributed by atoms with E-state index in [9.17, 15) is 18.0 Å². The predicted molar refractivity (Wildman–Crippen MR) is 62.7 cm³/mol. The minimum Gasteiger partial charge on any atom is -0.481 e. The van der Waals surface area contributed by atoms with E-state index in [1.807, 2.05) is 0 Å². The Morgan fingerprint density at radius 2 is 2.06 bits per heavy atom. The summed E-state index contributed by atoms with van der Waals surface area (Å²) in [5.74, 6) is -3.32. The maximum Gasteiger partial charge on any atom is 0.315 e. The molecule has 18 heavy (non-hydrogen) atoms. The Morgan fingerprint density at radius 3 is 2.44 bits per heavy atom. The van der Waals surface area contributed by atoms with Gasteiger partial charge in [0.25, 0.3) is 0 Å². The normalized spacial score (nSPS) is 23.6. The van der Waals surface area contributed by atoms with Gasteiger partial charge in [-0.15, -0.1) is 0 Å². The molecule has 0 aliphatic carbocycles. The molecule has 7 nitrogen and oxygen atoms in total. The van der Waals surface area contributed by atoms with E-state index in [2.05, 4.69) is 0 Å². The molecule has 0 aromatic rings. The minimum absolute atomic E-state index is 0.00563. The third-order valence-corrected chi connectivity index (χ3v) is 4.76. The molecule has 1 amide bonds. The van der Waals surface area contributed by atoms with Crippen molar-refractivity contribution in [3.63, 3.8) is 0 Å². The van der Waals surface area contributed by atoms with Gasteiger partial charge in [-0.3, -0.25) is 9.59 Å². The highest BCUT2D eigenvalue weighted by Crippen LogP contribution is 2.19. The van der Waals surface area contributed by atoms with Crippen LogP contribution in [0.25, 0.3) is 0 Å².